The minimum Gasteiger partial charge on any atom is -0.288 e. The normalized spacial score (nSPS) is 12.1. The monoisotopic (exact) mass is 249 g/mol. The van der Waals surface area contributed by atoms with Crippen LogP contribution in [0, 0.1) is 13.8 Å². The lowest BCUT2D eigenvalue weighted by Gasteiger charge is -2.06. The molecule has 0 spiro atoms. The molecule has 2 aromatic rings. The number of benzene rings is 2. The first-order valence-electron chi connectivity index (χ1n) is 6.48. The van der Waals surface area contributed by atoms with Gasteiger partial charge in [-0.05, 0) is 31.1 Å². The molecule has 0 heterocycles. The fraction of sp³-hybridized carbons (Fsp3) is 0.167. The highest BCUT2D eigenvalue weighted by atomic mass is 14.7. The van der Waals surface area contributed by atoms with Crippen molar-refractivity contribution >= 4 is 11.8 Å². The lowest BCUT2D eigenvalue weighted by atomic mass is 10.0. The van der Waals surface area contributed by atoms with Crippen LogP contribution in [0.3, 0.4) is 0 Å². The number of aliphatic imine (C=N–C) groups is 1. The van der Waals surface area contributed by atoms with Crippen LogP contribution in [0.1, 0.15) is 22.3 Å². The van der Waals surface area contributed by atoms with Gasteiger partial charge in [0.05, 0.1) is 5.71 Å². The molecule has 0 saturated carbocycles. The van der Waals surface area contributed by atoms with E-state index in [4.69, 9.17) is 0 Å². The largest absolute Gasteiger partial charge is 0.288 e. The van der Waals surface area contributed by atoms with Gasteiger partial charge in [-0.2, -0.15) is 0 Å². The predicted octanol–water partition coefficient (Wildman–Crippen LogP) is 4.44. The minimum atomic E-state index is 1.02. The maximum atomic E-state index is 4.39. The van der Waals surface area contributed by atoms with Crippen molar-refractivity contribution in [2.45, 2.75) is 13.8 Å². The highest BCUT2D eigenvalue weighted by molar-refractivity contribution is 6.11. The fourth-order valence-electron chi connectivity index (χ4n) is 2.13. The van der Waals surface area contributed by atoms with E-state index >= 15 is 0 Å². The van der Waals surface area contributed by atoms with Crippen LogP contribution in [0.15, 0.2) is 59.6 Å². The Morgan fingerprint density at radius 2 is 1.74 bits per heavy atom. The van der Waals surface area contributed by atoms with E-state index < -0.39 is 0 Å². The lowest BCUT2D eigenvalue weighted by molar-refractivity contribution is 1.35. The summed E-state index contributed by atoms with van der Waals surface area (Å²) in [4.78, 5) is 4.39. The molecular weight excluding hydrogens is 230 g/mol. The summed E-state index contributed by atoms with van der Waals surface area (Å²) in [6.07, 6.45) is 4.18. The zero-order chi connectivity index (χ0) is 13.7. The van der Waals surface area contributed by atoms with Crippen molar-refractivity contribution in [2.75, 3.05) is 7.05 Å². The first-order valence-corrected chi connectivity index (χ1v) is 6.48. The highest BCUT2D eigenvalue weighted by Gasteiger charge is 2.03. The summed E-state index contributed by atoms with van der Waals surface area (Å²) in [6, 6.07) is 16.7. The van der Waals surface area contributed by atoms with Crippen molar-refractivity contribution in [1.29, 1.82) is 0 Å². The van der Waals surface area contributed by atoms with Gasteiger partial charge in [-0.15, -0.1) is 0 Å². The summed E-state index contributed by atoms with van der Waals surface area (Å²) in [5.41, 5.74) is 5.94. The number of aryl methyl sites for hydroxylation is 2. The Morgan fingerprint density at radius 1 is 1.00 bits per heavy atom. The van der Waals surface area contributed by atoms with Crippen LogP contribution in [-0.4, -0.2) is 12.8 Å². The third kappa shape index (κ3) is 3.41. The SMILES string of the molecule is CN=C(/C=C/c1ccccc1)c1ccc(C)cc1C. The second-order valence-corrected chi connectivity index (χ2v) is 4.67. The molecule has 0 N–H and O–H groups in total. The van der Waals surface area contributed by atoms with Crippen LogP contribution in [0.2, 0.25) is 0 Å². The number of allylic oxidation sites excluding steroid dienone is 1. The molecule has 0 radical (unpaired) electrons. The molecule has 1 heteroatoms. The molecule has 0 unspecified atom stereocenters. The van der Waals surface area contributed by atoms with Crippen molar-refractivity contribution in [2.24, 2.45) is 4.99 Å². The summed E-state index contributed by atoms with van der Waals surface area (Å²) in [5, 5.41) is 0. The maximum Gasteiger partial charge on any atom is 0.0646 e. The van der Waals surface area contributed by atoms with E-state index in [1.165, 1.54) is 22.3 Å². The second-order valence-electron chi connectivity index (χ2n) is 4.67. The number of nitrogens with zero attached hydrogens (tertiary/aromatic N) is 1. The molecule has 2 rings (SSSR count). The van der Waals surface area contributed by atoms with Crippen molar-refractivity contribution < 1.29 is 0 Å². The summed E-state index contributed by atoms with van der Waals surface area (Å²) < 4.78 is 0. The number of hydrogen-bond donors (Lipinski definition) is 0. The first kappa shape index (κ1) is 13.3. The molecule has 0 bridgehead atoms. The van der Waals surface area contributed by atoms with E-state index in [0.717, 1.165) is 5.71 Å². The Morgan fingerprint density at radius 3 is 2.37 bits per heavy atom. The minimum absolute atomic E-state index is 1.02. The van der Waals surface area contributed by atoms with E-state index in [2.05, 4.69) is 61.3 Å². The fourth-order valence-corrected chi connectivity index (χ4v) is 2.13. The molecule has 0 saturated heterocycles. The van der Waals surface area contributed by atoms with E-state index in [-0.39, 0.29) is 0 Å². The third-order valence-corrected chi connectivity index (χ3v) is 3.13. The van der Waals surface area contributed by atoms with Crippen molar-refractivity contribution in [3.8, 4) is 0 Å². The van der Waals surface area contributed by atoms with Gasteiger partial charge in [0.2, 0.25) is 0 Å². The Labute approximate surface area is 115 Å². The quantitative estimate of drug-likeness (QED) is 0.713. The third-order valence-electron chi connectivity index (χ3n) is 3.13. The van der Waals surface area contributed by atoms with Gasteiger partial charge in [-0.3, -0.25) is 4.99 Å². The van der Waals surface area contributed by atoms with Gasteiger partial charge in [-0.25, -0.2) is 0 Å². The van der Waals surface area contributed by atoms with Gasteiger partial charge < -0.3 is 0 Å². The Hall–Kier alpha value is -2.15. The molecule has 1 nitrogen and oxygen atoms in total. The van der Waals surface area contributed by atoms with Gasteiger partial charge >= 0.3 is 0 Å². The van der Waals surface area contributed by atoms with Gasteiger partial charge in [0.25, 0.3) is 0 Å². The standard InChI is InChI=1S/C18H19N/c1-14-9-11-17(15(2)13-14)18(19-3)12-10-16-7-5-4-6-8-16/h4-13H,1-3H3/b12-10+,19-18?. The molecule has 0 fully saturated rings. The number of hydrogen-bond acceptors (Lipinski definition) is 1. The zero-order valence-corrected chi connectivity index (χ0v) is 11.7. The van der Waals surface area contributed by atoms with Crippen LogP contribution >= 0.6 is 0 Å². The molecule has 0 aliphatic carbocycles. The van der Waals surface area contributed by atoms with Crippen LogP contribution in [-0.2, 0) is 0 Å². The molecule has 0 aliphatic rings. The summed E-state index contributed by atoms with van der Waals surface area (Å²) in [5.74, 6) is 0. The molecule has 96 valence electrons. The predicted molar refractivity (Wildman–Crippen MR) is 83.9 cm³/mol. The van der Waals surface area contributed by atoms with Crippen LogP contribution in [0.4, 0.5) is 0 Å². The lowest BCUT2D eigenvalue weighted by Crippen LogP contribution is -2.00. The van der Waals surface area contributed by atoms with Crippen LogP contribution in [0.5, 0.6) is 0 Å². The van der Waals surface area contributed by atoms with E-state index in [0.29, 0.717) is 0 Å². The maximum absolute atomic E-state index is 4.39. The van der Waals surface area contributed by atoms with E-state index in [1.54, 1.807) is 0 Å². The molecule has 0 aliphatic heterocycles. The first-order chi connectivity index (χ1) is 9.20. The van der Waals surface area contributed by atoms with Crippen LogP contribution < -0.4 is 0 Å². The molecule has 0 aromatic heterocycles. The summed E-state index contributed by atoms with van der Waals surface area (Å²) >= 11 is 0. The van der Waals surface area contributed by atoms with Crippen molar-refractivity contribution in [3.63, 3.8) is 0 Å². The van der Waals surface area contributed by atoms with Crippen molar-refractivity contribution in [1.82, 2.24) is 0 Å². The molecular formula is C18H19N. The Balaban J connectivity index is 2.29. The average molecular weight is 249 g/mol. The van der Waals surface area contributed by atoms with Gasteiger partial charge in [0.1, 0.15) is 0 Å². The number of rotatable bonds is 3. The molecule has 2 aromatic carbocycles. The molecule has 0 atom stereocenters. The summed E-state index contributed by atoms with van der Waals surface area (Å²) in [7, 11) is 1.84. The average Bonchev–Trinajstić information content (AvgIpc) is 2.42. The Bertz CT molecular complexity index is 607. The molecule has 0 amide bonds. The van der Waals surface area contributed by atoms with Gasteiger partial charge in [-0.1, -0.05) is 60.2 Å². The summed E-state index contributed by atoms with van der Waals surface area (Å²) in [6.45, 7) is 4.24. The van der Waals surface area contributed by atoms with Gasteiger partial charge in [0, 0.05) is 12.6 Å². The Kier molecular flexibility index (Phi) is 4.30. The zero-order valence-electron chi connectivity index (χ0n) is 11.7. The van der Waals surface area contributed by atoms with E-state index in [9.17, 15) is 0 Å². The highest BCUT2D eigenvalue weighted by Crippen LogP contribution is 2.13. The molecule has 19 heavy (non-hydrogen) atoms. The second kappa shape index (κ2) is 6.14. The smallest absolute Gasteiger partial charge is 0.0646 e. The van der Waals surface area contributed by atoms with Crippen LogP contribution in [0.25, 0.3) is 6.08 Å². The van der Waals surface area contributed by atoms with E-state index in [1.807, 2.05) is 25.2 Å². The topological polar surface area (TPSA) is 12.4 Å². The van der Waals surface area contributed by atoms with Gasteiger partial charge in [0.15, 0.2) is 0 Å². The van der Waals surface area contributed by atoms with Crippen molar-refractivity contribution in [3.05, 3.63) is 76.9 Å².